The van der Waals surface area contributed by atoms with E-state index in [2.05, 4.69) is 5.32 Å². The van der Waals surface area contributed by atoms with Crippen molar-refractivity contribution in [2.24, 2.45) is 5.92 Å². The molecule has 0 spiro atoms. The summed E-state index contributed by atoms with van der Waals surface area (Å²) >= 11 is 5.82. The van der Waals surface area contributed by atoms with Crippen LogP contribution in [0.1, 0.15) is 44.7 Å². The van der Waals surface area contributed by atoms with Crippen molar-refractivity contribution in [3.8, 4) is 0 Å². The second-order valence-corrected chi connectivity index (χ2v) is 5.16. The predicted octanol–water partition coefficient (Wildman–Crippen LogP) is 3.41. The quantitative estimate of drug-likeness (QED) is 0.810. The standard InChI is InChI=1S/C15H20ClNO3/c1-3-10(4-2)15(20)17-13(9-14(18)19)11-5-7-12(16)8-6-11/h5-8,10,13H,3-4,9H2,1-2H3,(H,17,20)(H,18,19)/t13-/m0/s1. The molecule has 0 fully saturated rings. The van der Waals surface area contributed by atoms with Crippen LogP contribution in [-0.4, -0.2) is 17.0 Å². The highest BCUT2D eigenvalue weighted by molar-refractivity contribution is 6.30. The van der Waals surface area contributed by atoms with Crippen LogP contribution in [0.15, 0.2) is 24.3 Å². The van der Waals surface area contributed by atoms with Gasteiger partial charge in [-0.3, -0.25) is 9.59 Å². The molecular formula is C15H20ClNO3. The van der Waals surface area contributed by atoms with E-state index >= 15 is 0 Å². The Balaban J connectivity index is 2.87. The molecule has 0 aromatic heterocycles. The Labute approximate surface area is 124 Å². The molecule has 1 atom stereocenters. The fourth-order valence-corrected chi connectivity index (χ4v) is 2.20. The third-order valence-corrected chi connectivity index (χ3v) is 3.58. The summed E-state index contributed by atoms with van der Waals surface area (Å²) in [4.78, 5) is 23.1. The Kier molecular flexibility index (Phi) is 6.52. The van der Waals surface area contributed by atoms with Crippen LogP contribution < -0.4 is 5.32 Å². The van der Waals surface area contributed by atoms with Gasteiger partial charge in [-0.25, -0.2) is 0 Å². The second-order valence-electron chi connectivity index (χ2n) is 4.72. The van der Waals surface area contributed by atoms with E-state index in [-0.39, 0.29) is 18.2 Å². The number of hydrogen-bond acceptors (Lipinski definition) is 2. The number of hydrogen-bond donors (Lipinski definition) is 2. The number of carbonyl (C=O) groups is 2. The zero-order chi connectivity index (χ0) is 15.1. The molecule has 0 radical (unpaired) electrons. The number of carbonyl (C=O) groups excluding carboxylic acids is 1. The summed E-state index contributed by atoms with van der Waals surface area (Å²) in [6, 6.07) is 6.33. The fraction of sp³-hybridized carbons (Fsp3) is 0.467. The van der Waals surface area contributed by atoms with Gasteiger partial charge in [0.25, 0.3) is 0 Å². The van der Waals surface area contributed by atoms with Crippen molar-refractivity contribution in [1.29, 1.82) is 0 Å². The summed E-state index contributed by atoms with van der Waals surface area (Å²) in [6.45, 7) is 3.89. The molecule has 0 saturated carbocycles. The van der Waals surface area contributed by atoms with Crippen molar-refractivity contribution in [1.82, 2.24) is 5.32 Å². The van der Waals surface area contributed by atoms with Gasteiger partial charge in [-0.05, 0) is 30.5 Å². The van der Waals surface area contributed by atoms with E-state index in [1.807, 2.05) is 13.8 Å². The average molecular weight is 298 g/mol. The van der Waals surface area contributed by atoms with E-state index in [4.69, 9.17) is 16.7 Å². The highest BCUT2D eigenvalue weighted by atomic mass is 35.5. The molecule has 4 nitrogen and oxygen atoms in total. The molecule has 0 bridgehead atoms. The molecule has 110 valence electrons. The molecule has 0 aliphatic heterocycles. The first-order chi connectivity index (χ1) is 9.47. The molecule has 0 aliphatic carbocycles. The van der Waals surface area contributed by atoms with Gasteiger partial charge in [0.05, 0.1) is 12.5 Å². The minimum Gasteiger partial charge on any atom is -0.481 e. The SMILES string of the molecule is CCC(CC)C(=O)N[C@@H](CC(=O)O)c1ccc(Cl)cc1. The summed E-state index contributed by atoms with van der Waals surface area (Å²) < 4.78 is 0. The molecular weight excluding hydrogens is 278 g/mol. The molecule has 0 unspecified atom stereocenters. The number of carboxylic acids is 1. The Morgan fingerprint density at radius 1 is 1.20 bits per heavy atom. The zero-order valence-corrected chi connectivity index (χ0v) is 12.5. The number of aliphatic carboxylic acids is 1. The molecule has 1 amide bonds. The topological polar surface area (TPSA) is 66.4 Å². The number of benzene rings is 1. The van der Waals surface area contributed by atoms with Crippen molar-refractivity contribution >= 4 is 23.5 Å². The molecule has 1 aromatic rings. The first kappa shape index (κ1) is 16.5. The van der Waals surface area contributed by atoms with Gasteiger partial charge in [0.15, 0.2) is 0 Å². The van der Waals surface area contributed by atoms with E-state index < -0.39 is 12.0 Å². The normalized spacial score (nSPS) is 12.2. The van der Waals surface area contributed by atoms with Crippen molar-refractivity contribution in [3.63, 3.8) is 0 Å². The molecule has 0 aliphatic rings. The molecule has 0 heterocycles. The van der Waals surface area contributed by atoms with Crippen LogP contribution in [0.4, 0.5) is 0 Å². The van der Waals surface area contributed by atoms with Gasteiger partial charge in [-0.1, -0.05) is 37.6 Å². The zero-order valence-electron chi connectivity index (χ0n) is 11.7. The van der Waals surface area contributed by atoms with Crippen LogP contribution >= 0.6 is 11.6 Å². The smallest absolute Gasteiger partial charge is 0.305 e. The Hall–Kier alpha value is -1.55. The highest BCUT2D eigenvalue weighted by Crippen LogP contribution is 2.21. The lowest BCUT2D eigenvalue weighted by Crippen LogP contribution is -2.34. The molecule has 1 rings (SSSR count). The second kappa shape index (κ2) is 7.90. The third-order valence-electron chi connectivity index (χ3n) is 3.32. The fourth-order valence-electron chi connectivity index (χ4n) is 2.07. The van der Waals surface area contributed by atoms with Gasteiger partial charge in [-0.15, -0.1) is 0 Å². The predicted molar refractivity (Wildman–Crippen MR) is 78.7 cm³/mol. The lowest BCUT2D eigenvalue weighted by Gasteiger charge is -2.21. The van der Waals surface area contributed by atoms with Crippen LogP contribution in [-0.2, 0) is 9.59 Å². The number of amides is 1. The van der Waals surface area contributed by atoms with E-state index in [1.165, 1.54) is 0 Å². The Bertz CT molecular complexity index is 455. The van der Waals surface area contributed by atoms with Crippen molar-refractivity contribution < 1.29 is 14.7 Å². The van der Waals surface area contributed by atoms with E-state index in [0.29, 0.717) is 5.02 Å². The van der Waals surface area contributed by atoms with Crippen LogP contribution in [0.25, 0.3) is 0 Å². The van der Waals surface area contributed by atoms with Crippen LogP contribution in [0, 0.1) is 5.92 Å². The van der Waals surface area contributed by atoms with Gasteiger partial charge in [0.2, 0.25) is 5.91 Å². The lowest BCUT2D eigenvalue weighted by atomic mass is 9.99. The Morgan fingerprint density at radius 2 is 1.75 bits per heavy atom. The van der Waals surface area contributed by atoms with Gasteiger partial charge < -0.3 is 10.4 Å². The molecule has 20 heavy (non-hydrogen) atoms. The number of carboxylic acid groups (broad SMARTS) is 1. The van der Waals surface area contributed by atoms with Crippen molar-refractivity contribution in [2.45, 2.75) is 39.2 Å². The lowest BCUT2D eigenvalue weighted by molar-refractivity contribution is -0.138. The molecule has 2 N–H and O–H groups in total. The highest BCUT2D eigenvalue weighted by Gasteiger charge is 2.21. The third kappa shape index (κ3) is 4.85. The van der Waals surface area contributed by atoms with Gasteiger partial charge in [-0.2, -0.15) is 0 Å². The van der Waals surface area contributed by atoms with Crippen LogP contribution in [0.3, 0.4) is 0 Å². The maximum Gasteiger partial charge on any atom is 0.305 e. The van der Waals surface area contributed by atoms with Gasteiger partial charge in [0, 0.05) is 10.9 Å². The summed E-state index contributed by atoms with van der Waals surface area (Å²) in [5.74, 6) is -1.13. The molecule has 1 aromatic carbocycles. The van der Waals surface area contributed by atoms with Gasteiger partial charge in [0.1, 0.15) is 0 Å². The maximum atomic E-state index is 12.1. The van der Waals surface area contributed by atoms with E-state index in [9.17, 15) is 9.59 Å². The van der Waals surface area contributed by atoms with Gasteiger partial charge >= 0.3 is 5.97 Å². The monoisotopic (exact) mass is 297 g/mol. The first-order valence-corrected chi connectivity index (χ1v) is 7.13. The van der Waals surface area contributed by atoms with Crippen molar-refractivity contribution in [3.05, 3.63) is 34.9 Å². The first-order valence-electron chi connectivity index (χ1n) is 6.75. The number of rotatable bonds is 7. The Morgan fingerprint density at radius 3 is 2.20 bits per heavy atom. The summed E-state index contributed by atoms with van der Waals surface area (Å²) in [5.41, 5.74) is 0.746. The maximum absolute atomic E-state index is 12.1. The van der Waals surface area contributed by atoms with Crippen molar-refractivity contribution in [2.75, 3.05) is 0 Å². The largest absolute Gasteiger partial charge is 0.481 e. The van der Waals surface area contributed by atoms with Crippen LogP contribution in [0.2, 0.25) is 5.02 Å². The summed E-state index contributed by atoms with van der Waals surface area (Å²) in [7, 11) is 0. The number of nitrogens with one attached hydrogen (secondary N) is 1. The minimum absolute atomic E-state index is 0.0846. The number of halogens is 1. The van der Waals surface area contributed by atoms with E-state index in [0.717, 1.165) is 18.4 Å². The minimum atomic E-state index is -0.949. The van der Waals surface area contributed by atoms with Crippen LogP contribution in [0.5, 0.6) is 0 Å². The van der Waals surface area contributed by atoms with E-state index in [1.54, 1.807) is 24.3 Å². The summed E-state index contributed by atoms with van der Waals surface area (Å²) in [5, 5.41) is 12.4. The molecule has 0 saturated heterocycles. The molecule has 5 heteroatoms. The average Bonchev–Trinajstić information content (AvgIpc) is 2.39. The summed E-state index contributed by atoms with van der Waals surface area (Å²) in [6.07, 6.45) is 1.33.